The van der Waals surface area contributed by atoms with Crippen molar-refractivity contribution in [2.24, 2.45) is 0 Å². The minimum atomic E-state index is -4.50. The van der Waals surface area contributed by atoms with E-state index in [1.165, 1.54) is 6.92 Å². The molecule has 9 heteroatoms. The molecule has 0 aromatic heterocycles. The lowest BCUT2D eigenvalue weighted by atomic mass is 10.2. The van der Waals surface area contributed by atoms with Crippen molar-refractivity contribution in [3.05, 3.63) is 23.5 Å². The number of halogens is 4. The molecule has 4 nitrogen and oxygen atoms in total. The van der Waals surface area contributed by atoms with Gasteiger partial charge in [-0.3, -0.25) is 0 Å². The summed E-state index contributed by atoms with van der Waals surface area (Å²) < 4.78 is 75.4. The van der Waals surface area contributed by atoms with Crippen molar-refractivity contribution in [3.8, 4) is 0 Å². The Bertz CT molecular complexity index is 576. The second-order valence-corrected chi connectivity index (χ2v) is 6.17. The van der Waals surface area contributed by atoms with Crippen molar-refractivity contribution < 1.29 is 26.0 Å². The Labute approximate surface area is 114 Å². The van der Waals surface area contributed by atoms with Gasteiger partial charge < -0.3 is 5.73 Å². The van der Waals surface area contributed by atoms with Crippen LogP contribution in [0, 0.1) is 12.7 Å². The molecule has 0 radical (unpaired) electrons. The number of hydrogen-bond donors (Lipinski definition) is 2. The van der Waals surface area contributed by atoms with E-state index in [0.717, 1.165) is 13.0 Å². The Hall–Kier alpha value is -1.35. The van der Waals surface area contributed by atoms with Crippen LogP contribution in [0.25, 0.3) is 0 Å². The predicted octanol–water partition coefficient (Wildman–Crippen LogP) is 2.34. The third-order valence-electron chi connectivity index (χ3n) is 2.56. The van der Waals surface area contributed by atoms with E-state index in [2.05, 4.69) is 0 Å². The molecule has 0 aliphatic carbocycles. The molecular weight excluding hydrogens is 300 g/mol. The number of nitrogens with two attached hydrogens (primary N) is 1. The highest BCUT2D eigenvalue weighted by Crippen LogP contribution is 2.24. The molecule has 0 spiro atoms. The molecule has 0 amide bonds. The van der Waals surface area contributed by atoms with Gasteiger partial charge >= 0.3 is 6.18 Å². The Balaban J connectivity index is 3.00. The van der Waals surface area contributed by atoms with Gasteiger partial charge in [-0.2, -0.15) is 13.2 Å². The minimum absolute atomic E-state index is 0.0762. The minimum Gasteiger partial charge on any atom is -0.398 e. The molecule has 0 saturated carbocycles. The van der Waals surface area contributed by atoms with Crippen LogP contribution in [0.15, 0.2) is 17.0 Å². The lowest BCUT2D eigenvalue weighted by molar-refractivity contribution is -0.137. The van der Waals surface area contributed by atoms with Gasteiger partial charge in [-0.25, -0.2) is 17.5 Å². The molecule has 3 N–H and O–H groups in total. The second kappa shape index (κ2) is 5.57. The Morgan fingerprint density at radius 1 is 1.35 bits per heavy atom. The van der Waals surface area contributed by atoms with E-state index < -0.39 is 39.4 Å². The van der Waals surface area contributed by atoms with E-state index in [1.54, 1.807) is 0 Å². The SMILES string of the molecule is Cc1c(N)cc(S(=O)(=O)NC(C)CC(F)(F)F)cc1F. The molecule has 0 aliphatic heterocycles. The van der Waals surface area contributed by atoms with Crippen LogP contribution in [-0.4, -0.2) is 20.6 Å². The van der Waals surface area contributed by atoms with Gasteiger partial charge in [0.15, 0.2) is 0 Å². The Morgan fingerprint density at radius 3 is 2.35 bits per heavy atom. The van der Waals surface area contributed by atoms with Gasteiger partial charge in [-0.1, -0.05) is 0 Å². The van der Waals surface area contributed by atoms with Crippen LogP contribution in [0.4, 0.5) is 23.2 Å². The summed E-state index contributed by atoms with van der Waals surface area (Å²) in [6, 6.07) is 0.348. The molecule has 114 valence electrons. The van der Waals surface area contributed by atoms with Crippen LogP contribution in [0.5, 0.6) is 0 Å². The first-order valence-electron chi connectivity index (χ1n) is 5.57. The number of benzene rings is 1. The number of alkyl halides is 3. The molecule has 0 bridgehead atoms. The summed E-state index contributed by atoms with van der Waals surface area (Å²) in [5.74, 6) is -0.839. The molecule has 0 saturated heterocycles. The second-order valence-electron chi connectivity index (χ2n) is 4.46. The number of hydrogen-bond acceptors (Lipinski definition) is 3. The summed E-state index contributed by atoms with van der Waals surface area (Å²) in [5, 5.41) is 0. The summed E-state index contributed by atoms with van der Waals surface area (Å²) in [7, 11) is -4.26. The summed E-state index contributed by atoms with van der Waals surface area (Å²) >= 11 is 0. The first-order chi connectivity index (χ1) is 8.92. The summed E-state index contributed by atoms with van der Waals surface area (Å²) in [4.78, 5) is -0.507. The van der Waals surface area contributed by atoms with Crippen molar-refractivity contribution in [1.29, 1.82) is 0 Å². The highest BCUT2D eigenvalue weighted by Gasteiger charge is 2.32. The number of nitrogens with one attached hydrogen (secondary N) is 1. The predicted molar refractivity (Wildman–Crippen MR) is 66.0 cm³/mol. The van der Waals surface area contributed by atoms with E-state index in [1.807, 2.05) is 4.72 Å². The van der Waals surface area contributed by atoms with Crippen molar-refractivity contribution in [1.82, 2.24) is 4.72 Å². The highest BCUT2D eigenvalue weighted by molar-refractivity contribution is 7.89. The fourth-order valence-corrected chi connectivity index (χ4v) is 2.84. The van der Waals surface area contributed by atoms with Crippen molar-refractivity contribution >= 4 is 15.7 Å². The van der Waals surface area contributed by atoms with Crippen LogP contribution in [0.1, 0.15) is 18.9 Å². The first kappa shape index (κ1) is 16.7. The number of sulfonamides is 1. The topological polar surface area (TPSA) is 72.2 Å². The van der Waals surface area contributed by atoms with Gasteiger partial charge in [-0.15, -0.1) is 0 Å². The molecule has 1 aromatic rings. The van der Waals surface area contributed by atoms with Gasteiger partial charge in [0.1, 0.15) is 5.82 Å². The average molecular weight is 314 g/mol. The van der Waals surface area contributed by atoms with Crippen molar-refractivity contribution in [2.45, 2.75) is 37.4 Å². The zero-order chi connectivity index (χ0) is 15.7. The van der Waals surface area contributed by atoms with Crippen LogP contribution in [0.2, 0.25) is 0 Å². The summed E-state index contributed by atoms with van der Waals surface area (Å²) in [6.07, 6.45) is -5.82. The van der Waals surface area contributed by atoms with Gasteiger partial charge in [0.2, 0.25) is 10.0 Å². The van der Waals surface area contributed by atoms with Crippen LogP contribution >= 0.6 is 0 Å². The van der Waals surface area contributed by atoms with Gasteiger partial charge in [-0.05, 0) is 26.0 Å². The monoisotopic (exact) mass is 314 g/mol. The van der Waals surface area contributed by atoms with E-state index in [0.29, 0.717) is 6.07 Å². The fraction of sp³-hybridized carbons (Fsp3) is 0.455. The summed E-state index contributed by atoms with van der Waals surface area (Å²) in [5.41, 5.74) is 5.43. The van der Waals surface area contributed by atoms with Gasteiger partial charge in [0, 0.05) is 17.3 Å². The smallest absolute Gasteiger partial charge is 0.390 e. The van der Waals surface area contributed by atoms with Crippen molar-refractivity contribution in [3.63, 3.8) is 0 Å². The molecular formula is C11H14F4N2O2S. The van der Waals surface area contributed by atoms with Crippen LogP contribution in [-0.2, 0) is 10.0 Å². The molecule has 0 heterocycles. The lowest BCUT2D eigenvalue weighted by Gasteiger charge is -2.16. The van der Waals surface area contributed by atoms with Gasteiger partial charge in [0.25, 0.3) is 0 Å². The zero-order valence-electron chi connectivity index (χ0n) is 10.8. The molecule has 1 atom stereocenters. The maximum atomic E-state index is 13.4. The Morgan fingerprint density at radius 2 is 1.90 bits per heavy atom. The Kier molecular flexibility index (Phi) is 4.65. The van der Waals surface area contributed by atoms with Crippen LogP contribution < -0.4 is 10.5 Å². The third-order valence-corrected chi connectivity index (χ3v) is 4.13. The highest BCUT2D eigenvalue weighted by atomic mass is 32.2. The van der Waals surface area contributed by atoms with Crippen molar-refractivity contribution in [2.75, 3.05) is 5.73 Å². The molecule has 1 unspecified atom stereocenters. The number of anilines is 1. The molecule has 1 aromatic carbocycles. The van der Waals surface area contributed by atoms with E-state index in [9.17, 15) is 26.0 Å². The fourth-order valence-electron chi connectivity index (χ4n) is 1.55. The zero-order valence-corrected chi connectivity index (χ0v) is 11.6. The lowest BCUT2D eigenvalue weighted by Crippen LogP contribution is -2.36. The quantitative estimate of drug-likeness (QED) is 0.662. The van der Waals surface area contributed by atoms with Gasteiger partial charge in [0.05, 0.1) is 11.3 Å². The first-order valence-corrected chi connectivity index (χ1v) is 7.05. The number of nitrogen functional groups attached to an aromatic ring is 1. The van der Waals surface area contributed by atoms with E-state index in [-0.39, 0.29) is 11.3 Å². The van der Waals surface area contributed by atoms with Crippen LogP contribution in [0.3, 0.4) is 0 Å². The maximum Gasteiger partial charge on any atom is 0.390 e. The van der Waals surface area contributed by atoms with E-state index in [4.69, 9.17) is 5.73 Å². The summed E-state index contributed by atoms with van der Waals surface area (Å²) in [6.45, 7) is 2.43. The molecule has 0 fully saturated rings. The number of rotatable bonds is 4. The standard InChI is InChI=1S/C11H14F4N2O2S/c1-6(5-11(13,14)15)17-20(18,19)8-3-9(12)7(2)10(16)4-8/h3-4,6,17H,5,16H2,1-2H3. The molecule has 1 rings (SSSR count). The molecule has 20 heavy (non-hydrogen) atoms. The normalized spacial score (nSPS) is 14.3. The average Bonchev–Trinajstić information content (AvgIpc) is 2.21. The molecule has 0 aliphatic rings. The van der Waals surface area contributed by atoms with E-state index >= 15 is 0 Å². The third kappa shape index (κ3) is 4.34. The maximum absolute atomic E-state index is 13.4. The largest absolute Gasteiger partial charge is 0.398 e.